The van der Waals surface area contributed by atoms with Gasteiger partial charge in [0.1, 0.15) is 17.2 Å². The molecule has 0 saturated carbocycles. The molecule has 0 aromatic heterocycles. The van der Waals surface area contributed by atoms with Gasteiger partial charge in [0, 0.05) is 0 Å². The van der Waals surface area contributed by atoms with E-state index in [-0.39, 0.29) is 6.07 Å². The van der Waals surface area contributed by atoms with Crippen LogP contribution in [0.5, 0.6) is 0 Å². The van der Waals surface area contributed by atoms with E-state index in [4.69, 9.17) is 0 Å². The summed E-state index contributed by atoms with van der Waals surface area (Å²) in [5.74, 6) is -13.6. The van der Waals surface area contributed by atoms with E-state index in [9.17, 15) is 44.7 Å². The number of alkyl halides is 3. The van der Waals surface area contributed by atoms with Crippen LogP contribution in [-0.2, 0) is 9.53 Å². The van der Waals surface area contributed by atoms with Gasteiger partial charge in [-0.1, -0.05) is 6.07 Å². The molecule has 0 aliphatic rings. The van der Waals surface area contributed by atoms with Gasteiger partial charge in [-0.15, -0.1) is 0 Å². The molecule has 168 valence electrons. The Morgan fingerprint density at radius 3 is 2.00 bits per heavy atom. The van der Waals surface area contributed by atoms with Crippen LogP contribution in [0.15, 0.2) is 30.3 Å². The van der Waals surface area contributed by atoms with Gasteiger partial charge >= 0.3 is 17.8 Å². The summed E-state index contributed by atoms with van der Waals surface area (Å²) in [6, 6.07) is 2.48. The SMILES string of the molecule is CCOC(=O)C(NC(=O)c1c(F)cccc1F)(Nc1ccc(F)c(F)c1F)C(F)(F)F. The van der Waals surface area contributed by atoms with E-state index in [1.165, 1.54) is 5.32 Å². The highest BCUT2D eigenvalue weighted by atomic mass is 19.4. The van der Waals surface area contributed by atoms with Crippen LogP contribution in [0.25, 0.3) is 0 Å². The molecule has 2 aromatic carbocycles. The lowest BCUT2D eigenvalue weighted by Gasteiger charge is -2.35. The number of amides is 1. The molecule has 31 heavy (non-hydrogen) atoms. The zero-order chi connectivity index (χ0) is 23.6. The molecule has 13 heteroatoms. The summed E-state index contributed by atoms with van der Waals surface area (Å²) in [5, 5.41) is 2.29. The largest absolute Gasteiger partial charge is 0.463 e. The van der Waals surface area contributed by atoms with E-state index < -0.39 is 70.7 Å². The predicted molar refractivity (Wildman–Crippen MR) is 89.2 cm³/mol. The quantitative estimate of drug-likeness (QED) is 0.298. The van der Waals surface area contributed by atoms with Crippen molar-refractivity contribution in [2.24, 2.45) is 0 Å². The Balaban J connectivity index is 2.66. The van der Waals surface area contributed by atoms with Crippen molar-refractivity contribution in [1.29, 1.82) is 0 Å². The molecule has 0 bridgehead atoms. The van der Waals surface area contributed by atoms with Crippen molar-refractivity contribution >= 4 is 17.6 Å². The van der Waals surface area contributed by atoms with E-state index in [1.807, 2.05) is 0 Å². The fourth-order valence-electron chi connectivity index (χ4n) is 2.40. The van der Waals surface area contributed by atoms with Crippen LogP contribution in [0.1, 0.15) is 17.3 Å². The summed E-state index contributed by atoms with van der Waals surface area (Å²) < 4.78 is 114. The Bertz CT molecular complexity index is 992. The molecule has 0 aliphatic carbocycles. The Kier molecular flexibility index (Phi) is 6.76. The molecule has 0 heterocycles. The third kappa shape index (κ3) is 4.54. The summed E-state index contributed by atoms with van der Waals surface area (Å²) in [6.07, 6.45) is -5.83. The molecule has 2 rings (SSSR count). The summed E-state index contributed by atoms with van der Waals surface area (Å²) >= 11 is 0. The molecule has 2 aromatic rings. The third-order valence-corrected chi connectivity index (χ3v) is 3.86. The minimum atomic E-state index is -5.83. The minimum Gasteiger partial charge on any atom is -0.463 e. The Morgan fingerprint density at radius 2 is 1.48 bits per heavy atom. The molecule has 0 spiro atoms. The first-order chi connectivity index (χ1) is 14.4. The molecule has 1 amide bonds. The van der Waals surface area contributed by atoms with Crippen LogP contribution < -0.4 is 10.6 Å². The summed E-state index contributed by atoms with van der Waals surface area (Å²) in [7, 11) is 0. The zero-order valence-corrected chi connectivity index (χ0v) is 15.3. The molecule has 0 radical (unpaired) electrons. The number of nitrogens with one attached hydrogen (secondary N) is 2. The van der Waals surface area contributed by atoms with Gasteiger partial charge in [-0.05, 0) is 31.2 Å². The van der Waals surface area contributed by atoms with Crippen LogP contribution >= 0.6 is 0 Å². The molecular weight excluding hydrogens is 444 g/mol. The standard InChI is InChI=1S/C18H12F8N2O3/c1-2-31-16(30)17(18(24,25)26,27-11-7-6-10(21)13(22)14(11)23)28-15(29)12-8(19)4-3-5-9(12)20/h3-7,27H,2H2,1H3,(H,28,29). The molecule has 0 aliphatic heterocycles. The molecule has 5 nitrogen and oxygen atoms in total. The molecule has 0 saturated heterocycles. The predicted octanol–water partition coefficient (Wildman–Crippen LogP) is 4.05. The second-order valence-corrected chi connectivity index (χ2v) is 5.87. The molecule has 1 atom stereocenters. The number of halogens is 8. The number of ether oxygens (including phenoxy) is 1. The second-order valence-electron chi connectivity index (χ2n) is 5.87. The lowest BCUT2D eigenvalue weighted by atomic mass is 10.1. The maximum absolute atomic E-state index is 14.0. The van der Waals surface area contributed by atoms with Gasteiger partial charge in [-0.2, -0.15) is 13.2 Å². The Morgan fingerprint density at radius 1 is 0.903 bits per heavy atom. The van der Waals surface area contributed by atoms with Crippen molar-refractivity contribution in [2.75, 3.05) is 11.9 Å². The summed E-state index contributed by atoms with van der Waals surface area (Å²) in [4.78, 5) is 24.5. The average molecular weight is 456 g/mol. The summed E-state index contributed by atoms with van der Waals surface area (Å²) in [6.45, 7) is 0.429. The van der Waals surface area contributed by atoms with Gasteiger partial charge < -0.3 is 15.4 Å². The molecule has 1 unspecified atom stereocenters. The van der Waals surface area contributed by atoms with Gasteiger partial charge in [0.25, 0.3) is 5.91 Å². The summed E-state index contributed by atoms with van der Waals surface area (Å²) in [5.41, 5.74) is -7.23. The Hall–Kier alpha value is -3.38. The highest BCUT2D eigenvalue weighted by Gasteiger charge is 2.64. The van der Waals surface area contributed by atoms with E-state index in [1.54, 1.807) is 0 Å². The number of carbonyl (C=O) groups is 2. The average Bonchev–Trinajstić information content (AvgIpc) is 2.66. The first-order valence-corrected chi connectivity index (χ1v) is 8.27. The van der Waals surface area contributed by atoms with Gasteiger partial charge in [0.2, 0.25) is 0 Å². The lowest BCUT2D eigenvalue weighted by molar-refractivity contribution is -0.204. The van der Waals surface area contributed by atoms with E-state index >= 15 is 0 Å². The maximum Gasteiger partial charge on any atom is 0.441 e. The number of rotatable bonds is 6. The smallest absolute Gasteiger partial charge is 0.441 e. The van der Waals surface area contributed by atoms with Crippen molar-refractivity contribution in [3.8, 4) is 0 Å². The van der Waals surface area contributed by atoms with E-state index in [0.717, 1.165) is 18.3 Å². The highest BCUT2D eigenvalue weighted by molar-refractivity contribution is 6.00. The highest BCUT2D eigenvalue weighted by Crippen LogP contribution is 2.35. The van der Waals surface area contributed by atoms with E-state index in [2.05, 4.69) is 4.74 Å². The molecule has 0 fully saturated rings. The van der Waals surface area contributed by atoms with Crippen molar-refractivity contribution in [2.45, 2.75) is 18.8 Å². The van der Waals surface area contributed by atoms with Crippen molar-refractivity contribution in [3.63, 3.8) is 0 Å². The zero-order valence-electron chi connectivity index (χ0n) is 15.3. The number of carbonyl (C=O) groups excluding carboxylic acids is 2. The number of esters is 1. The van der Waals surface area contributed by atoms with Crippen LogP contribution in [-0.4, -0.2) is 30.3 Å². The first-order valence-electron chi connectivity index (χ1n) is 8.27. The van der Waals surface area contributed by atoms with Crippen molar-refractivity contribution in [3.05, 3.63) is 65.0 Å². The number of anilines is 1. The fourth-order valence-corrected chi connectivity index (χ4v) is 2.40. The van der Waals surface area contributed by atoms with Crippen molar-refractivity contribution < 1.29 is 49.4 Å². The monoisotopic (exact) mass is 456 g/mol. The van der Waals surface area contributed by atoms with Crippen LogP contribution in [0.4, 0.5) is 40.8 Å². The Labute approximate surface area is 169 Å². The molecular formula is C18H12F8N2O3. The molecule has 2 N–H and O–H groups in total. The van der Waals surface area contributed by atoms with Gasteiger partial charge in [-0.25, -0.2) is 26.7 Å². The van der Waals surface area contributed by atoms with E-state index in [0.29, 0.717) is 18.2 Å². The van der Waals surface area contributed by atoms with Gasteiger partial charge in [-0.3, -0.25) is 4.79 Å². The van der Waals surface area contributed by atoms with Crippen LogP contribution in [0, 0.1) is 29.1 Å². The van der Waals surface area contributed by atoms with Crippen LogP contribution in [0.2, 0.25) is 0 Å². The number of benzene rings is 2. The number of hydrogen-bond donors (Lipinski definition) is 2. The fraction of sp³-hybridized carbons (Fsp3) is 0.222. The van der Waals surface area contributed by atoms with Crippen molar-refractivity contribution in [1.82, 2.24) is 5.32 Å². The van der Waals surface area contributed by atoms with Gasteiger partial charge in [0.15, 0.2) is 17.5 Å². The topological polar surface area (TPSA) is 67.4 Å². The third-order valence-electron chi connectivity index (χ3n) is 3.86. The van der Waals surface area contributed by atoms with Crippen LogP contribution in [0.3, 0.4) is 0 Å². The normalized spacial score (nSPS) is 13.3. The maximum atomic E-state index is 14.0. The second kappa shape index (κ2) is 8.78. The number of hydrogen-bond acceptors (Lipinski definition) is 4. The first kappa shape index (κ1) is 23.9. The lowest BCUT2D eigenvalue weighted by Crippen LogP contribution is -2.69. The minimum absolute atomic E-state index is 0.241. The van der Waals surface area contributed by atoms with Gasteiger partial charge in [0.05, 0.1) is 12.3 Å².